The standard InChI is InChI=1S/C23H19ClN2O4S/c1-13-19(22(28)30-3)20(15-6-10-17(29-2)11-7-15)26-21(27)18(31-23(26)25-13)12-14-4-8-16(24)9-5-14/h4-12,20H,1-3H3/b18-12+/t20-/m1/s1. The molecule has 0 saturated carbocycles. The first-order valence-electron chi connectivity index (χ1n) is 9.43. The van der Waals surface area contributed by atoms with Crippen molar-refractivity contribution in [3.63, 3.8) is 0 Å². The van der Waals surface area contributed by atoms with Crippen LogP contribution in [0.15, 0.2) is 69.6 Å². The minimum absolute atomic E-state index is 0.228. The average molecular weight is 455 g/mol. The molecule has 1 atom stereocenters. The van der Waals surface area contributed by atoms with Gasteiger partial charge in [0.1, 0.15) is 5.75 Å². The van der Waals surface area contributed by atoms with E-state index in [0.29, 0.717) is 31.4 Å². The molecule has 0 amide bonds. The van der Waals surface area contributed by atoms with Crippen LogP contribution in [0.25, 0.3) is 6.08 Å². The highest BCUT2D eigenvalue weighted by Crippen LogP contribution is 2.31. The summed E-state index contributed by atoms with van der Waals surface area (Å²) in [5, 5.41) is 0.622. The lowest BCUT2D eigenvalue weighted by Gasteiger charge is -2.24. The summed E-state index contributed by atoms with van der Waals surface area (Å²) < 4.78 is 12.3. The Morgan fingerprint density at radius 1 is 1.13 bits per heavy atom. The number of hydrogen-bond acceptors (Lipinski definition) is 6. The highest BCUT2D eigenvalue weighted by atomic mass is 35.5. The molecule has 0 radical (unpaired) electrons. The van der Waals surface area contributed by atoms with E-state index in [2.05, 4.69) is 4.99 Å². The molecule has 1 aliphatic heterocycles. The third-order valence-corrected chi connectivity index (χ3v) is 6.26. The van der Waals surface area contributed by atoms with Crippen LogP contribution in [-0.2, 0) is 9.53 Å². The van der Waals surface area contributed by atoms with Gasteiger partial charge in [0.2, 0.25) is 0 Å². The van der Waals surface area contributed by atoms with Gasteiger partial charge in [-0.3, -0.25) is 9.36 Å². The molecule has 158 valence electrons. The van der Waals surface area contributed by atoms with Crippen LogP contribution in [0, 0.1) is 0 Å². The zero-order valence-electron chi connectivity index (χ0n) is 17.1. The van der Waals surface area contributed by atoms with E-state index in [1.54, 1.807) is 48.9 Å². The molecule has 1 aromatic heterocycles. The Hall–Kier alpha value is -3.16. The molecule has 0 saturated heterocycles. The molecular weight excluding hydrogens is 436 g/mol. The maximum Gasteiger partial charge on any atom is 0.338 e. The molecule has 8 heteroatoms. The van der Waals surface area contributed by atoms with E-state index in [4.69, 9.17) is 21.1 Å². The van der Waals surface area contributed by atoms with Gasteiger partial charge in [-0.25, -0.2) is 9.79 Å². The molecule has 3 aromatic rings. The third-order valence-electron chi connectivity index (χ3n) is 5.03. The maximum atomic E-state index is 13.4. The van der Waals surface area contributed by atoms with Crippen molar-refractivity contribution in [1.29, 1.82) is 0 Å². The zero-order chi connectivity index (χ0) is 22.1. The Balaban J connectivity index is 1.94. The second kappa shape index (κ2) is 8.53. The number of carbonyl (C=O) groups is 1. The van der Waals surface area contributed by atoms with Gasteiger partial charge in [0.05, 0.1) is 36.1 Å². The van der Waals surface area contributed by atoms with Crippen LogP contribution in [-0.4, -0.2) is 24.8 Å². The molecule has 0 fully saturated rings. The van der Waals surface area contributed by atoms with Gasteiger partial charge in [-0.15, -0.1) is 0 Å². The number of esters is 1. The molecule has 0 N–H and O–H groups in total. The number of thiazole rings is 1. The van der Waals surface area contributed by atoms with Crippen LogP contribution in [0.5, 0.6) is 5.75 Å². The lowest BCUT2D eigenvalue weighted by Crippen LogP contribution is -2.39. The predicted octanol–water partition coefficient (Wildman–Crippen LogP) is 3.07. The number of halogens is 1. The van der Waals surface area contributed by atoms with Crippen molar-refractivity contribution >= 4 is 35.0 Å². The zero-order valence-corrected chi connectivity index (χ0v) is 18.7. The Labute approximate surface area is 187 Å². The summed E-state index contributed by atoms with van der Waals surface area (Å²) in [4.78, 5) is 31.1. The van der Waals surface area contributed by atoms with Crippen LogP contribution in [0.2, 0.25) is 5.02 Å². The number of aromatic nitrogens is 1. The van der Waals surface area contributed by atoms with E-state index in [9.17, 15) is 9.59 Å². The van der Waals surface area contributed by atoms with Gasteiger partial charge in [0, 0.05) is 5.02 Å². The lowest BCUT2D eigenvalue weighted by molar-refractivity contribution is -0.136. The van der Waals surface area contributed by atoms with E-state index < -0.39 is 12.0 Å². The monoisotopic (exact) mass is 454 g/mol. The number of methoxy groups -OCH3 is 2. The lowest BCUT2D eigenvalue weighted by atomic mass is 9.96. The summed E-state index contributed by atoms with van der Waals surface area (Å²) >= 11 is 7.24. The Morgan fingerprint density at radius 3 is 2.42 bits per heavy atom. The fraction of sp³-hybridized carbons (Fsp3) is 0.174. The molecule has 6 nitrogen and oxygen atoms in total. The van der Waals surface area contributed by atoms with Crippen LogP contribution >= 0.6 is 22.9 Å². The van der Waals surface area contributed by atoms with Crippen molar-refractivity contribution < 1.29 is 14.3 Å². The summed E-state index contributed by atoms with van der Waals surface area (Å²) in [6.45, 7) is 1.75. The normalized spacial score (nSPS) is 16.0. The molecular formula is C23H19ClN2O4S. The van der Waals surface area contributed by atoms with Gasteiger partial charge in [-0.05, 0) is 48.4 Å². The molecule has 0 spiro atoms. The predicted molar refractivity (Wildman–Crippen MR) is 120 cm³/mol. The van der Waals surface area contributed by atoms with Gasteiger partial charge < -0.3 is 9.47 Å². The van der Waals surface area contributed by atoms with Gasteiger partial charge in [0.25, 0.3) is 5.56 Å². The van der Waals surface area contributed by atoms with Crippen molar-refractivity contribution in [1.82, 2.24) is 4.57 Å². The molecule has 0 bridgehead atoms. The van der Waals surface area contributed by atoms with E-state index in [1.165, 1.54) is 18.4 Å². The average Bonchev–Trinajstić information content (AvgIpc) is 3.08. The number of allylic oxidation sites excluding steroid dienone is 1. The summed E-state index contributed by atoms with van der Waals surface area (Å²) in [7, 11) is 2.90. The van der Waals surface area contributed by atoms with Gasteiger partial charge in [-0.2, -0.15) is 0 Å². The van der Waals surface area contributed by atoms with E-state index >= 15 is 0 Å². The van der Waals surface area contributed by atoms with Gasteiger partial charge >= 0.3 is 5.97 Å². The number of hydrogen-bond donors (Lipinski definition) is 0. The van der Waals surface area contributed by atoms with E-state index in [-0.39, 0.29) is 5.56 Å². The topological polar surface area (TPSA) is 69.9 Å². The highest BCUT2D eigenvalue weighted by molar-refractivity contribution is 7.07. The number of fused-ring (bicyclic) bond motifs is 1. The molecule has 4 rings (SSSR count). The van der Waals surface area contributed by atoms with Gasteiger partial charge in [0.15, 0.2) is 4.80 Å². The van der Waals surface area contributed by atoms with Crippen molar-refractivity contribution in [3.8, 4) is 5.75 Å². The first-order chi connectivity index (χ1) is 14.9. The fourth-order valence-electron chi connectivity index (χ4n) is 3.50. The number of nitrogens with zero attached hydrogens (tertiary/aromatic N) is 2. The minimum atomic E-state index is -0.651. The Morgan fingerprint density at radius 2 is 1.81 bits per heavy atom. The quantitative estimate of drug-likeness (QED) is 0.568. The number of carbonyl (C=O) groups excluding carboxylic acids is 1. The SMILES string of the molecule is COC(=O)C1=C(C)N=c2s/c(=C/c3ccc(Cl)cc3)c(=O)n2[C@@H]1c1ccc(OC)cc1. The Kier molecular flexibility index (Phi) is 5.80. The Bertz CT molecular complexity index is 1350. The second-order valence-corrected chi connectivity index (χ2v) is 8.34. The smallest absolute Gasteiger partial charge is 0.338 e. The maximum absolute atomic E-state index is 13.4. The molecule has 0 unspecified atom stereocenters. The molecule has 31 heavy (non-hydrogen) atoms. The fourth-order valence-corrected chi connectivity index (χ4v) is 4.68. The van der Waals surface area contributed by atoms with Crippen molar-refractivity contribution in [2.75, 3.05) is 14.2 Å². The van der Waals surface area contributed by atoms with Crippen molar-refractivity contribution in [2.24, 2.45) is 4.99 Å². The third kappa shape index (κ3) is 3.94. The van der Waals surface area contributed by atoms with E-state index in [1.807, 2.05) is 24.3 Å². The van der Waals surface area contributed by atoms with E-state index in [0.717, 1.165) is 11.1 Å². The minimum Gasteiger partial charge on any atom is -0.497 e. The summed E-state index contributed by atoms with van der Waals surface area (Å²) in [6.07, 6.45) is 1.79. The number of ether oxygens (including phenoxy) is 2. The summed E-state index contributed by atoms with van der Waals surface area (Å²) in [6, 6.07) is 13.8. The molecule has 0 aliphatic carbocycles. The molecule has 1 aliphatic rings. The molecule has 2 aromatic carbocycles. The molecule has 2 heterocycles. The first kappa shape index (κ1) is 21.1. The first-order valence-corrected chi connectivity index (χ1v) is 10.6. The largest absolute Gasteiger partial charge is 0.497 e. The van der Waals surface area contributed by atoms with Gasteiger partial charge in [-0.1, -0.05) is 47.2 Å². The summed E-state index contributed by atoms with van der Waals surface area (Å²) in [5.74, 6) is 0.160. The van der Waals surface area contributed by atoms with Crippen LogP contribution in [0.3, 0.4) is 0 Å². The number of rotatable bonds is 4. The van der Waals surface area contributed by atoms with Crippen molar-refractivity contribution in [2.45, 2.75) is 13.0 Å². The second-order valence-electron chi connectivity index (χ2n) is 6.90. The summed E-state index contributed by atoms with van der Waals surface area (Å²) in [5.41, 5.74) is 2.23. The van der Waals surface area contributed by atoms with Crippen LogP contribution < -0.4 is 19.6 Å². The highest BCUT2D eigenvalue weighted by Gasteiger charge is 2.33. The van der Waals surface area contributed by atoms with Crippen molar-refractivity contribution in [3.05, 3.63) is 95.6 Å². The van der Waals surface area contributed by atoms with Crippen LogP contribution in [0.1, 0.15) is 24.1 Å². The van der Waals surface area contributed by atoms with Crippen LogP contribution in [0.4, 0.5) is 0 Å². The number of benzene rings is 2.